The van der Waals surface area contributed by atoms with E-state index in [4.69, 9.17) is 15.7 Å². The van der Waals surface area contributed by atoms with Crippen molar-refractivity contribution in [2.75, 3.05) is 0 Å². The van der Waals surface area contributed by atoms with Crippen LogP contribution in [0.2, 0.25) is 0 Å². The van der Waals surface area contributed by atoms with Crippen molar-refractivity contribution in [2.45, 2.75) is 45.3 Å². The standard InChI is InChI=1S/C15H20N2O2/c1-15(2,3)19-14(18)9-13(17)8-11-4-6-12(10-16)7-5-11/h4-7,13H,8-9,17H2,1-3H3/t13-/m0/s1. The molecule has 1 aromatic carbocycles. The van der Waals surface area contributed by atoms with Gasteiger partial charge in [-0.3, -0.25) is 4.79 Å². The maximum atomic E-state index is 11.6. The van der Waals surface area contributed by atoms with Gasteiger partial charge in [-0.05, 0) is 44.9 Å². The monoisotopic (exact) mass is 260 g/mol. The number of carbonyl (C=O) groups excluding carboxylic acids is 1. The van der Waals surface area contributed by atoms with E-state index in [1.807, 2.05) is 32.9 Å². The minimum absolute atomic E-state index is 0.192. The van der Waals surface area contributed by atoms with Crippen LogP contribution in [0.3, 0.4) is 0 Å². The van der Waals surface area contributed by atoms with Crippen molar-refractivity contribution in [2.24, 2.45) is 5.73 Å². The fourth-order valence-corrected chi connectivity index (χ4v) is 1.69. The number of benzene rings is 1. The predicted octanol–water partition coefficient (Wildman–Crippen LogP) is 2.16. The van der Waals surface area contributed by atoms with Crippen LogP contribution in [0.1, 0.15) is 38.3 Å². The Morgan fingerprint density at radius 2 is 1.95 bits per heavy atom. The van der Waals surface area contributed by atoms with Crippen molar-refractivity contribution >= 4 is 5.97 Å². The number of nitriles is 1. The van der Waals surface area contributed by atoms with E-state index in [1.165, 1.54) is 0 Å². The highest BCUT2D eigenvalue weighted by Crippen LogP contribution is 2.11. The van der Waals surface area contributed by atoms with E-state index in [0.717, 1.165) is 5.56 Å². The van der Waals surface area contributed by atoms with Gasteiger partial charge in [-0.1, -0.05) is 12.1 Å². The van der Waals surface area contributed by atoms with E-state index < -0.39 is 5.60 Å². The lowest BCUT2D eigenvalue weighted by molar-refractivity contribution is -0.155. The van der Waals surface area contributed by atoms with Crippen LogP contribution in [-0.2, 0) is 16.0 Å². The molecule has 19 heavy (non-hydrogen) atoms. The van der Waals surface area contributed by atoms with Gasteiger partial charge in [-0.15, -0.1) is 0 Å². The molecule has 0 radical (unpaired) electrons. The van der Waals surface area contributed by atoms with Crippen LogP contribution in [-0.4, -0.2) is 17.6 Å². The van der Waals surface area contributed by atoms with Gasteiger partial charge in [-0.2, -0.15) is 5.26 Å². The summed E-state index contributed by atoms with van der Waals surface area (Å²) < 4.78 is 5.22. The van der Waals surface area contributed by atoms with Gasteiger partial charge in [0.15, 0.2) is 0 Å². The minimum atomic E-state index is -0.481. The molecule has 0 aliphatic rings. The highest BCUT2D eigenvalue weighted by Gasteiger charge is 2.18. The molecule has 2 N–H and O–H groups in total. The van der Waals surface area contributed by atoms with Gasteiger partial charge in [-0.25, -0.2) is 0 Å². The number of rotatable bonds is 4. The van der Waals surface area contributed by atoms with Crippen molar-refractivity contribution in [1.29, 1.82) is 5.26 Å². The Bertz CT molecular complexity index is 466. The first-order valence-corrected chi connectivity index (χ1v) is 6.26. The summed E-state index contributed by atoms with van der Waals surface area (Å²) >= 11 is 0. The summed E-state index contributed by atoms with van der Waals surface area (Å²) in [5.74, 6) is -0.284. The number of hydrogen-bond acceptors (Lipinski definition) is 4. The number of nitrogens with zero attached hydrogens (tertiary/aromatic N) is 1. The van der Waals surface area contributed by atoms with Crippen molar-refractivity contribution in [3.05, 3.63) is 35.4 Å². The third-order valence-corrected chi connectivity index (χ3v) is 2.43. The molecule has 0 heterocycles. The molecule has 4 nitrogen and oxygen atoms in total. The van der Waals surface area contributed by atoms with E-state index in [-0.39, 0.29) is 18.4 Å². The Balaban J connectivity index is 2.48. The molecular weight excluding hydrogens is 240 g/mol. The number of ether oxygens (including phenoxy) is 1. The number of esters is 1. The Morgan fingerprint density at radius 3 is 2.42 bits per heavy atom. The summed E-state index contributed by atoms with van der Waals surface area (Å²) in [6, 6.07) is 8.99. The van der Waals surface area contributed by atoms with E-state index >= 15 is 0 Å². The van der Waals surface area contributed by atoms with Gasteiger partial charge < -0.3 is 10.5 Å². The molecule has 102 valence electrons. The molecule has 0 spiro atoms. The van der Waals surface area contributed by atoms with Crippen LogP contribution in [0, 0.1) is 11.3 Å². The summed E-state index contributed by atoms with van der Waals surface area (Å²) in [6.07, 6.45) is 0.780. The van der Waals surface area contributed by atoms with Gasteiger partial charge in [0.1, 0.15) is 5.60 Å². The number of hydrogen-bond donors (Lipinski definition) is 1. The molecule has 1 rings (SSSR count). The number of nitrogens with two attached hydrogens (primary N) is 1. The van der Waals surface area contributed by atoms with Crippen LogP contribution < -0.4 is 5.73 Å². The van der Waals surface area contributed by atoms with E-state index in [1.54, 1.807) is 12.1 Å². The van der Waals surface area contributed by atoms with Gasteiger partial charge >= 0.3 is 5.97 Å². The van der Waals surface area contributed by atoms with Crippen molar-refractivity contribution in [3.63, 3.8) is 0 Å². The van der Waals surface area contributed by atoms with Crippen LogP contribution in [0.5, 0.6) is 0 Å². The molecule has 1 aromatic rings. The molecule has 0 saturated carbocycles. The molecule has 0 amide bonds. The Morgan fingerprint density at radius 1 is 1.37 bits per heavy atom. The van der Waals surface area contributed by atoms with Crippen LogP contribution in [0.15, 0.2) is 24.3 Å². The van der Waals surface area contributed by atoms with Crippen LogP contribution in [0.4, 0.5) is 0 Å². The lowest BCUT2D eigenvalue weighted by atomic mass is 10.0. The topological polar surface area (TPSA) is 76.1 Å². The summed E-state index contributed by atoms with van der Waals surface area (Å²) in [6.45, 7) is 5.49. The second kappa shape index (κ2) is 6.35. The molecule has 0 saturated heterocycles. The SMILES string of the molecule is CC(C)(C)OC(=O)C[C@@H](N)Cc1ccc(C#N)cc1. The molecule has 0 aromatic heterocycles. The van der Waals surface area contributed by atoms with E-state index in [0.29, 0.717) is 12.0 Å². The zero-order valence-corrected chi connectivity index (χ0v) is 11.6. The normalized spacial score (nSPS) is 12.6. The molecular formula is C15H20N2O2. The average molecular weight is 260 g/mol. The smallest absolute Gasteiger partial charge is 0.307 e. The molecule has 1 atom stereocenters. The molecule has 0 unspecified atom stereocenters. The summed E-state index contributed by atoms with van der Waals surface area (Å²) in [5.41, 5.74) is 7.07. The zero-order valence-electron chi connectivity index (χ0n) is 11.6. The minimum Gasteiger partial charge on any atom is -0.460 e. The lowest BCUT2D eigenvalue weighted by Crippen LogP contribution is -2.31. The van der Waals surface area contributed by atoms with E-state index in [2.05, 4.69) is 6.07 Å². The van der Waals surface area contributed by atoms with Crippen molar-refractivity contribution in [3.8, 4) is 6.07 Å². The lowest BCUT2D eigenvalue weighted by Gasteiger charge is -2.21. The summed E-state index contributed by atoms with van der Waals surface area (Å²) in [4.78, 5) is 11.6. The Hall–Kier alpha value is -1.86. The van der Waals surface area contributed by atoms with Crippen LogP contribution in [0.25, 0.3) is 0 Å². The van der Waals surface area contributed by atoms with Gasteiger partial charge in [0.2, 0.25) is 0 Å². The molecule has 0 aliphatic heterocycles. The fraction of sp³-hybridized carbons (Fsp3) is 0.467. The number of carbonyl (C=O) groups is 1. The Kier molecular flexibility index (Phi) is 5.08. The Labute approximate surface area is 114 Å². The van der Waals surface area contributed by atoms with Gasteiger partial charge in [0.25, 0.3) is 0 Å². The van der Waals surface area contributed by atoms with Crippen LogP contribution >= 0.6 is 0 Å². The summed E-state index contributed by atoms with van der Waals surface area (Å²) in [7, 11) is 0. The first kappa shape index (κ1) is 15.2. The maximum absolute atomic E-state index is 11.6. The van der Waals surface area contributed by atoms with E-state index in [9.17, 15) is 4.79 Å². The van der Waals surface area contributed by atoms with Gasteiger partial charge in [0, 0.05) is 6.04 Å². The maximum Gasteiger partial charge on any atom is 0.307 e. The third-order valence-electron chi connectivity index (χ3n) is 2.43. The highest BCUT2D eigenvalue weighted by molar-refractivity contribution is 5.70. The van der Waals surface area contributed by atoms with Gasteiger partial charge in [0.05, 0.1) is 18.1 Å². The first-order valence-electron chi connectivity index (χ1n) is 6.26. The largest absolute Gasteiger partial charge is 0.460 e. The molecule has 4 heteroatoms. The molecule has 0 aliphatic carbocycles. The highest BCUT2D eigenvalue weighted by atomic mass is 16.6. The molecule has 0 fully saturated rings. The van der Waals surface area contributed by atoms with Crippen molar-refractivity contribution in [1.82, 2.24) is 0 Å². The molecule has 0 bridgehead atoms. The third kappa shape index (κ3) is 6.03. The quantitative estimate of drug-likeness (QED) is 0.842. The first-order chi connectivity index (χ1) is 8.80. The predicted molar refractivity (Wildman–Crippen MR) is 73.3 cm³/mol. The second-order valence-electron chi connectivity index (χ2n) is 5.56. The zero-order chi connectivity index (χ0) is 14.5. The fourth-order valence-electron chi connectivity index (χ4n) is 1.69. The average Bonchev–Trinajstić information content (AvgIpc) is 2.27. The summed E-state index contributed by atoms with van der Waals surface area (Å²) in [5, 5.41) is 8.70. The second-order valence-corrected chi connectivity index (χ2v) is 5.56. The van der Waals surface area contributed by atoms with Crippen molar-refractivity contribution < 1.29 is 9.53 Å².